The molecule has 0 saturated heterocycles. The molecule has 0 aliphatic carbocycles. The molecule has 0 unspecified atom stereocenters. The highest BCUT2D eigenvalue weighted by molar-refractivity contribution is 6.37. The topological polar surface area (TPSA) is 120 Å². The molecular weight excluding hydrogens is 377 g/mol. The molecule has 0 aromatic carbocycles. The molecular formula is C17H17Cl2N5O2. The van der Waals surface area contributed by atoms with E-state index in [0.717, 1.165) is 0 Å². The van der Waals surface area contributed by atoms with Crippen molar-refractivity contribution in [3.05, 3.63) is 46.0 Å². The molecule has 0 atom stereocenters. The fraction of sp³-hybridized carbons (Fsp3) is 0.235. The molecule has 0 bridgehead atoms. The molecule has 26 heavy (non-hydrogen) atoms. The average Bonchev–Trinajstić information content (AvgIpc) is 2.66. The van der Waals surface area contributed by atoms with Crippen LogP contribution in [0.25, 0.3) is 11.6 Å². The molecule has 0 aliphatic heterocycles. The summed E-state index contributed by atoms with van der Waals surface area (Å²) in [6.45, 7) is 0.473. The van der Waals surface area contributed by atoms with E-state index in [1.807, 2.05) is 0 Å². The van der Waals surface area contributed by atoms with Crippen LogP contribution in [-0.2, 0) is 0 Å². The number of ether oxygens (including phenoxy) is 2. The lowest BCUT2D eigenvalue weighted by molar-refractivity contribution is 0.207. The number of nitriles is 1. The normalized spacial score (nSPS) is 11.3. The van der Waals surface area contributed by atoms with E-state index in [4.69, 9.17) is 44.1 Å². The molecule has 0 fully saturated rings. The molecule has 2 rings (SSSR count). The van der Waals surface area contributed by atoms with E-state index in [2.05, 4.69) is 16.0 Å². The van der Waals surface area contributed by atoms with E-state index < -0.39 is 6.10 Å². The monoisotopic (exact) mass is 393 g/mol. The molecule has 136 valence electrons. The van der Waals surface area contributed by atoms with Crippen LogP contribution >= 0.6 is 23.2 Å². The van der Waals surface area contributed by atoms with Crippen molar-refractivity contribution in [3.8, 4) is 17.6 Å². The molecule has 0 saturated carbocycles. The molecule has 7 nitrogen and oxygen atoms in total. The SMILES string of the molecule is COc1cnc(/C(C#N)=C/c2c(Cl)cncc2Cl)cc1OC(CN)CN. The maximum atomic E-state index is 9.54. The first-order chi connectivity index (χ1) is 12.5. The minimum Gasteiger partial charge on any atom is -0.491 e. The van der Waals surface area contributed by atoms with E-state index in [-0.39, 0.29) is 18.7 Å². The highest BCUT2D eigenvalue weighted by Gasteiger charge is 2.15. The van der Waals surface area contributed by atoms with E-state index in [1.54, 1.807) is 6.07 Å². The van der Waals surface area contributed by atoms with Gasteiger partial charge in [0.05, 0.1) is 34.6 Å². The van der Waals surface area contributed by atoms with Gasteiger partial charge in [-0.1, -0.05) is 23.2 Å². The predicted octanol–water partition coefficient (Wildman–Crippen LogP) is 2.52. The quantitative estimate of drug-likeness (QED) is 0.693. The Kier molecular flexibility index (Phi) is 7.18. The Bertz CT molecular complexity index is 827. The van der Waals surface area contributed by atoms with Crippen LogP contribution in [0.3, 0.4) is 0 Å². The predicted molar refractivity (Wildman–Crippen MR) is 101 cm³/mol. The second kappa shape index (κ2) is 9.36. The third kappa shape index (κ3) is 4.62. The summed E-state index contributed by atoms with van der Waals surface area (Å²) in [6.07, 6.45) is 5.48. The Morgan fingerprint density at radius 1 is 1.23 bits per heavy atom. The maximum absolute atomic E-state index is 9.54. The second-order valence-corrected chi connectivity index (χ2v) is 5.93. The van der Waals surface area contributed by atoms with Gasteiger partial charge in [0, 0.05) is 37.1 Å². The summed E-state index contributed by atoms with van der Waals surface area (Å²) in [7, 11) is 1.49. The van der Waals surface area contributed by atoms with Crippen molar-refractivity contribution in [2.24, 2.45) is 11.5 Å². The molecule has 0 aliphatic rings. The van der Waals surface area contributed by atoms with Crippen LogP contribution in [-0.4, -0.2) is 36.3 Å². The van der Waals surface area contributed by atoms with Gasteiger partial charge in [-0.05, 0) is 6.08 Å². The highest BCUT2D eigenvalue weighted by atomic mass is 35.5. The largest absolute Gasteiger partial charge is 0.491 e. The van der Waals surface area contributed by atoms with Gasteiger partial charge in [-0.2, -0.15) is 5.26 Å². The second-order valence-electron chi connectivity index (χ2n) is 5.12. The van der Waals surface area contributed by atoms with E-state index in [0.29, 0.717) is 32.8 Å². The Hall–Kier alpha value is -2.37. The number of aromatic nitrogens is 2. The summed E-state index contributed by atoms with van der Waals surface area (Å²) in [6, 6.07) is 3.66. The molecule has 2 aromatic rings. The number of hydrogen-bond donors (Lipinski definition) is 2. The van der Waals surface area contributed by atoms with Crippen molar-refractivity contribution in [2.75, 3.05) is 20.2 Å². The number of rotatable bonds is 7. The molecule has 2 heterocycles. The van der Waals surface area contributed by atoms with Gasteiger partial charge in [0.25, 0.3) is 0 Å². The average molecular weight is 394 g/mol. The summed E-state index contributed by atoms with van der Waals surface area (Å²) in [5.74, 6) is 0.782. The van der Waals surface area contributed by atoms with Crippen LogP contribution in [0.5, 0.6) is 11.5 Å². The van der Waals surface area contributed by atoms with Gasteiger partial charge < -0.3 is 20.9 Å². The van der Waals surface area contributed by atoms with Crippen molar-refractivity contribution in [2.45, 2.75) is 6.10 Å². The summed E-state index contributed by atoms with van der Waals surface area (Å²) in [5.41, 5.74) is 12.3. The van der Waals surface area contributed by atoms with Gasteiger partial charge in [-0.3, -0.25) is 9.97 Å². The molecule has 0 spiro atoms. The molecule has 9 heteroatoms. The number of hydrogen-bond acceptors (Lipinski definition) is 7. The van der Waals surface area contributed by atoms with Crippen molar-refractivity contribution in [3.63, 3.8) is 0 Å². The first kappa shape index (κ1) is 19.9. The Labute approximate surface area is 161 Å². The molecule has 0 amide bonds. The third-order valence-corrected chi connectivity index (χ3v) is 4.05. The van der Waals surface area contributed by atoms with Crippen LogP contribution in [0.4, 0.5) is 0 Å². The molecule has 2 aromatic heterocycles. The van der Waals surface area contributed by atoms with Crippen molar-refractivity contribution < 1.29 is 9.47 Å². The van der Waals surface area contributed by atoms with Crippen molar-refractivity contribution in [1.29, 1.82) is 5.26 Å². The first-order valence-corrected chi connectivity index (χ1v) is 8.31. The number of nitrogens with zero attached hydrogens (tertiary/aromatic N) is 3. The summed E-state index contributed by atoms with van der Waals surface area (Å²) in [5, 5.41) is 10.2. The van der Waals surface area contributed by atoms with E-state index in [9.17, 15) is 5.26 Å². The standard InChI is InChI=1S/C17H17Cl2N5O2/c1-25-17-9-24-15(3-16(17)26-11(5-21)6-22)10(4-20)2-12-13(18)7-23-8-14(12)19/h2-3,7-9,11H,5-6,21-22H2,1H3/b10-2+. The van der Waals surface area contributed by atoms with Crippen LogP contribution < -0.4 is 20.9 Å². The van der Waals surface area contributed by atoms with Gasteiger partial charge in [-0.15, -0.1) is 0 Å². The number of allylic oxidation sites excluding steroid dienone is 1. The number of methoxy groups -OCH3 is 1. The summed E-state index contributed by atoms with van der Waals surface area (Å²) in [4.78, 5) is 8.12. The van der Waals surface area contributed by atoms with Crippen molar-refractivity contribution >= 4 is 34.9 Å². The number of nitrogens with two attached hydrogens (primary N) is 2. The minimum atomic E-state index is -0.391. The fourth-order valence-electron chi connectivity index (χ4n) is 2.06. The van der Waals surface area contributed by atoms with Gasteiger partial charge in [-0.25, -0.2) is 0 Å². The van der Waals surface area contributed by atoms with Gasteiger partial charge in [0.15, 0.2) is 11.5 Å². The fourth-order valence-corrected chi connectivity index (χ4v) is 2.53. The zero-order valence-corrected chi connectivity index (χ0v) is 15.5. The Balaban J connectivity index is 2.48. The lowest BCUT2D eigenvalue weighted by Crippen LogP contribution is -2.34. The zero-order valence-electron chi connectivity index (χ0n) is 13.9. The van der Waals surface area contributed by atoms with Gasteiger partial charge in [0.1, 0.15) is 12.2 Å². The molecule has 0 radical (unpaired) electrons. The molecule has 4 N–H and O–H groups in total. The lowest BCUT2D eigenvalue weighted by Gasteiger charge is -2.17. The maximum Gasteiger partial charge on any atom is 0.179 e. The van der Waals surface area contributed by atoms with E-state index >= 15 is 0 Å². The summed E-state index contributed by atoms with van der Waals surface area (Å²) < 4.78 is 11.0. The van der Waals surface area contributed by atoms with Gasteiger partial charge in [0.2, 0.25) is 0 Å². The zero-order chi connectivity index (χ0) is 19.1. The number of pyridine rings is 2. The van der Waals surface area contributed by atoms with E-state index in [1.165, 1.54) is 31.8 Å². The third-order valence-electron chi connectivity index (χ3n) is 3.45. The Morgan fingerprint density at radius 3 is 2.42 bits per heavy atom. The van der Waals surface area contributed by atoms with Crippen LogP contribution in [0.1, 0.15) is 11.3 Å². The Morgan fingerprint density at radius 2 is 1.88 bits per heavy atom. The van der Waals surface area contributed by atoms with Crippen LogP contribution in [0.2, 0.25) is 10.0 Å². The van der Waals surface area contributed by atoms with Gasteiger partial charge >= 0.3 is 0 Å². The smallest absolute Gasteiger partial charge is 0.179 e. The first-order valence-electron chi connectivity index (χ1n) is 7.56. The van der Waals surface area contributed by atoms with Crippen LogP contribution in [0, 0.1) is 11.3 Å². The minimum absolute atomic E-state index is 0.237. The van der Waals surface area contributed by atoms with Crippen LogP contribution in [0.15, 0.2) is 24.7 Å². The summed E-state index contributed by atoms with van der Waals surface area (Å²) >= 11 is 12.2. The lowest BCUT2D eigenvalue weighted by atomic mass is 10.1. The van der Waals surface area contributed by atoms with Crippen molar-refractivity contribution in [1.82, 2.24) is 9.97 Å². The highest BCUT2D eigenvalue weighted by Crippen LogP contribution is 2.32. The number of halogens is 2.